The SMILES string of the molecule is CSc1nc(C(=O)OCc2scnc2C)c2ccccn12. The van der Waals surface area contributed by atoms with Gasteiger partial charge in [-0.1, -0.05) is 17.8 Å². The van der Waals surface area contributed by atoms with Gasteiger partial charge < -0.3 is 4.74 Å². The van der Waals surface area contributed by atoms with Crippen LogP contribution in [0.4, 0.5) is 0 Å². The third kappa shape index (κ3) is 2.66. The van der Waals surface area contributed by atoms with E-state index >= 15 is 0 Å². The number of fused-ring (bicyclic) bond motifs is 1. The maximum Gasteiger partial charge on any atom is 0.359 e. The molecule has 0 saturated heterocycles. The van der Waals surface area contributed by atoms with E-state index in [1.54, 1.807) is 5.51 Å². The van der Waals surface area contributed by atoms with Gasteiger partial charge in [0.2, 0.25) is 0 Å². The molecule has 0 unspecified atom stereocenters. The summed E-state index contributed by atoms with van der Waals surface area (Å²) in [5.74, 6) is -0.410. The van der Waals surface area contributed by atoms with Crippen LogP contribution in [-0.2, 0) is 11.3 Å². The Morgan fingerprint density at radius 3 is 3.05 bits per heavy atom. The van der Waals surface area contributed by atoms with Crippen LogP contribution in [-0.4, -0.2) is 26.6 Å². The second-order valence-corrected chi connectivity index (χ2v) is 6.05. The van der Waals surface area contributed by atoms with E-state index < -0.39 is 5.97 Å². The number of thiazole rings is 1. The van der Waals surface area contributed by atoms with Crippen molar-refractivity contribution in [1.29, 1.82) is 0 Å². The van der Waals surface area contributed by atoms with Crippen LogP contribution in [0.5, 0.6) is 0 Å². The van der Waals surface area contributed by atoms with Gasteiger partial charge in [-0.05, 0) is 25.3 Å². The summed E-state index contributed by atoms with van der Waals surface area (Å²) in [6.07, 6.45) is 3.82. The fraction of sp³-hybridized carbons (Fsp3) is 0.214. The van der Waals surface area contributed by atoms with Crippen LogP contribution in [0, 0.1) is 6.92 Å². The summed E-state index contributed by atoms with van der Waals surface area (Å²) in [6.45, 7) is 2.13. The van der Waals surface area contributed by atoms with Gasteiger partial charge in [0.05, 0.1) is 21.6 Å². The molecular weight excluding hydrogens is 306 g/mol. The highest BCUT2D eigenvalue weighted by molar-refractivity contribution is 7.98. The van der Waals surface area contributed by atoms with E-state index in [1.807, 2.05) is 42.0 Å². The fourth-order valence-electron chi connectivity index (χ4n) is 1.97. The number of esters is 1. The predicted octanol–water partition coefficient (Wildman–Crippen LogP) is 3.18. The van der Waals surface area contributed by atoms with Crippen LogP contribution in [0.25, 0.3) is 5.52 Å². The first-order valence-electron chi connectivity index (χ1n) is 6.28. The molecular formula is C14H13N3O2S2. The lowest BCUT2D eigenvalue weighted by atomic mass is 10.3. The van der Waals surface area contributed by atoms with Crippen LogP contribution < -0.4 is 0 Å². The van der Waals surface area contributed by atoms with Gasteiger partial charge in [-0.25, -0.2) is 14.8 Å². The van der Waals surface area contributed by atoms with Crippen LogP contribution in [0.3, 0.4) is 0 Å². The van der Waals surface area contributed by atoms with Gasteiger partial charge in [0.25, 0.3) is 0 Å². The first-order chi connectivity index (χ1) is 10.2. The van der Waals surface area contributed by atoms with Gasteiger partial charge in [-0.15, -0.1) is 11.3 Å². The summed E-state index contributed by atoms with van der Waals surface area (Å²) in [5.41, 5.74) is 3.75. The summed E-state index contributed by atoms with van der Waals surface area (Å²) < 4.78 is 7.25. The Bertz CT molecular complexity index is 794. The molecule has 0 aromatic carbocycles. The van der Waals surface area contributed by atoms with Crippen molar-refractivity contribution >= 4 is 34.6 Å². The first-order valence-corrected chi connectivity index (χ1v) is 8.38. The number of thioether (sulfide) groups is 1. The highest BCUT2D eigenvalue weighted by Gasteiger charge is 2.18. The molecule has 3 aromatic rings. The Labute approximate surface area is 130 Å². The lowest BCUT2D eigenvalue weighted by Crippen LogP contribution is -2.06. The Balaban J connectivity index is 1.86. The molecule has 0 atom stereocenters. The number of ether oxygens (including phenoxy) is 1. The number of aryl methyl sites for hydroxylation is 1. The second kappa shape index (κ2) is 5.87. The highest BCUT2D eigenvalue weighted by atomic mass is 32.2. The highest BCUT2D eigenvalue weighted by Crippen LogP contribution is 2.21. The number of hydrogen-bond acceptors (Lipinski definition) is 6. The van der Waals surface area contributed by atoms with Crippen molar-refractivity contribution in [1.82, 2.24) is 14.4 Å². The zero-order valence-electron chi connectivity index (χ0n) is 11.6. The van der Waals surface area contributed by atoms with Crippen molar-refractivity contribution in [2.24, 2.45) is 0 Å². The van der Waals surface area contributed by atoms with Crippen molar-refractivity contribution in [2.45, 2.75) is 18.7 Å². The van der Waals surface area contributed by atoms with Crippen molar-refractivity contribution in [2.75, 3.05) is 6.26 Å². The smallest absolute Gasteiger partial charge is 0.359 e. The van der Waals surface area contributed by atoms with E-state index in [2.05, 4.69) is 9.97 Å². The minimum absolute atomic E-state index is 0.232. The van der Waals surface area contributed by atoms with Crippen molar-refractivity contribution in [3.63, 3.8) is 0 Å². The first kappa shape index (κ1) is 14.1. The zero-order chi connectivity index (χ0) is 14.8. The maximum absolute atomic E-state index is 12.3. The average Bonchev–Trinajstić information content (AvgIpc) is 3.08. The van der Waals surface area contributed by atoms with E-state index in [1.165, 1.54) is 23.1 Å². The average molecular weight is 319 g/mol. The summed E-state index contributed by atoms with van der Waals surface area (Å²) in [5, 5.41) is 0.770. The third-order valence-corrected chi connectivity index (χ3v) is 4.63. The second-order valence-electron chi connectivity index (χ2n) is 4.34. The monoisotopic (exact) mass is 319 g/mol. The van der Waals surface area contributed by atoms with Crippen LogP contribution in [0.15, 0.2) is 35.1 Å². The molecule has 3 heterocycles. The summed E-state index contributed by atoms with van der Waals surface area (Å²) in [7, 11) is 0. The molecule has 3 aromatic heterocycles. The Hall–Kier alpha value is -1.86. The lowest BCUT2D eigenvalue weighted by Gasteiger charge is -2.02. The quantitative estimate of drug-likeness (QED) is 0.546. The molecule has 0 saturated carbocycles. The molecule has 0 amide bonds. The standard InChI is InChI=1S/C14H13N3O2S2/c1-9-11(21-8-15-9)7-19-13(18)12-10-5-3-4-6-17(10)14(16-12)20-2/h3-6,8H,7H2,1-2H3. The molecule has 0 aliphatic rings. The number of nitrogens with zero attached hydrogens (tertiary/aromatic N) is 3. The molecule has 0 bridgehead atoms. The van der Waals surface area contributed by atoms with E-state index in [0.717, 1.165) is 21.2 Å². The molecule has 0 radical (unpaired) electrons. The number of pyridine rings is 1. The van der Waals surface area contributed by atoms with Crippen molar-refractivity contribution in [3.8, 4) is 0 Å². The zero-order valence-corrected chi connectivity index (χ0v) is 13.2. The normalized spacial score (nSPS) is 11.0. The van der Waals surface area contributed by atoms with Gasteiger partial charge >= 0.3 is 5.97 Å². The molecule has 0 aliphatic heterocycles. The van der Waals surface area contributed by atoms with Gasteiger partial charge in [-0.2, -0.15) is 0 Å². The number of imidazole rings is 1. The number of carbonyl (C=O) groups excluding carboxylic acids is 1. The molecule has 3 rings (SSSR count). The van der Waals surface area contributed by atoms with Crippen LogP contribution >= 0.6 is 23.1 Å². The van der Waals surface area contributed by atoms with Gasteiger partial charge in [0.1, 0.15) is 6.61 Å². The molecule has 108 valence electrons. The number of carbonyl (C=O) groups is 1. The van der Waals surface area contributed by atoms with Gasteiger partial charge in [0, 0.05) is 6.20 Å². The minimum atomic E-state index is -0.410. The summed E-state index contributed by atoms with van der Waals surface area (Å²) in [4.78, 5) is 21.7. The number of aromatic nitrogens is 3. The lowest BCUT2D eigenvalue weighted by molar-refractivity contribution is 0.0471. The Morgan fingerprint density at radius 2 is 2.33 bits per heavy atom. The minimum Gasteiger partial charge on any atom is -0.455 e. The summed E-state index contributed by atoms with van der Waals surface area (Å²) in [6, 6.07) is 5.65. The van der Waals surface area contributed by atoms with Gasteiger partial charge in [-0.3, -0.25) is 4.40 Å². The maximum atomic E-state index is 12.3. The molecule has 0 spiro atoms. The molecule has 5 nitrogen and oxygen atoms in total. The van der Waals surface area contributed by atoms with Crippen LogP contribution in [0.2, 0.25) is 0 Å². The predicted molar refractivity (Wildman–Crippen MR) is 82.9 cm³/mol. The fourth-order valence-corrected chi connectivity index (χ4v) is 3.19. The van der Waals surface area contributed by atoms with E-state index in [0.29, 0.717) is 5.69 Å². The van der Waals surface area contributed by atoms with E-state index in [-0.39, 0.29) is 6.61 Å². The molecule has 0 N–H and O–H groups in total. The Kier molecular flexibility index (Phi) is 3.94. The molecule has 0 aliphatic carbocycles. The Morgan fingerprint density at radius 1 is 1.48 bits per heavy atom. The molecule has 21 heavy (non-hydrogen) atoms. The van der Waals surface area contributed by atoms with E-state index in [9.17, 15) is 4.79 Å². The van der Waals surface area contributed by atoms with Crippen LogP contribution in [0.1, 0.15) is 21.1 Å². The number of rotatable bonds is 4. The number of hydrogen-bond donors (Lipinski definition) is 0. The van der Waals surface area contributed by atoms with Crippen molar-refractivity contribution in [3.05, 3.63) is 46.2 Å². The van der Waals surface area contributed by atoms with E-state index in [4.69, 9.17) is 4.74 Å². The topological polar surface area (TPSA) is 56.5 Å². The largest absolute Gasteiger partial charge is 0.455 e. The van der Waals surface area contributed by atoms with Gasteiger partial charge in [0.15, 0.2) is 10.9 Å². The van der Waals surface area contributed by atoms with Crippen molar-refractivity contribution < 1.29 is 9.53 Å². The molecule has 0 fully saturated rings. The third-order valence-electron chi connectivity index (χ3n) is 3.07. The summed E-state index contributed by atoms with van der Waals surface area (Å²) >= 11 is 2.97. The molecule has 7 heteroatoms.